The van der Waals surface area contributed by atoms with Crippen molar-refractivity contribution in [2.75, 3.05) is 12.8 Å². The van der Waals surface area contributed by atoms with Gasteiger partial charge < -0.3 is 19.4 Å². The quantitative estimate of drug-likeness (QED) is 0.804. The molecule has 0 atom stereocenters. The van der Waals surface area contributed by atoms with Crippen LogP contribution in [0.4, 0.5) is 5.69 Å². The van der Waals surface area contributed by atoms with E-state index >= 15 is 0 Å². The Kier molecular flexibility index (Phi) is 2.24. The second kappa shape index (κ2) is 3.55. The van der Waals surface area contributed by atoms with Gasteiger partial charge in [0.1, 0.15) is 18.1 Å². The molecule has 0 amide bonds. The molecule has 2 rings (SSSR count). The maximum absolute atomic E-state index is 5.61. The van der Waals surface area contributed by atoms with Crippen LogP contribution in [0.15, 0.2) is 27.3 Å². The first kappa shape index (κ1) is 8.83. The van der Waals surface area contributed by atoms with E-state index in [4.69, 9.17) is 19.4 Å². The highest BCUT2D eigenvalue weighted by molar-refractivity contribution is 5.65. The van der Waals surface area contributed by atoms with Crippen molar-refractivity contribution in [3.63, 3.8) is 0 Å². The van der Waals surface area contributed by atoms with Crippen LogP contribution in [0.1, 0.15) is 5.76 Å². The normalized spacial score (nSPS) is 10.6. The van der Waals surface area contributed by atoms with Crippen molar-refractivity contribution in [2.45, 2.75) is 6.61 Å². The van der Waals surface area contributed by atoms with Crippen molar-refractivity contribution in [1.82, 2.24) is 5.16 Å². The second-order valence-electron chi connectivity index (χ2n) is 2.81. The number of hydrogen-bond donors (Lipinski definition) is 1. The zero-order valence-corrected chi connectivity index (χ0v) is 7.69. The fraction of sp³-hybridized carbons (Fsp3) is 0.222. The minimum absolute atomic E-state index is 0.425. The van der Waals surface area contributed by atoms with Crippen LogP contribution in [0.25, 0.3) is 11.5 Å². The van der Waals surface area contributed by atoms with Crippen molar-refractivity contribution in [2.24, 2.45) is 0 Å². The minimum Gasteiger partial charge on any atom is -0.455 e. The molecule has 0 aliphatic rings. The average Bonchev–Trinajstić information content (AvgIpc) is 2.74. The Morgan fingerprint density at radius 3 is 3.00 bits per heavy atom. The summed E-state index contributed by atoms with van der Waals surface area (Å²) in [6, 6.07) is 3.58. The van der Waals surface area contributed by atoms with E-state index in [0.29, 0.717) is 23.8 Å². The summed E-state index contributed by atoms with van der Waals surface area (Å²) in [6.07, 6.45) is 1.44. The summed E-state index contributed by atoms with van der Waals surface area (Å²) in [5.74, 6) is 1.73. The highest BCUT2D eigenvalue weighted by atomic mass is 16.5. The molecule has 0 fully saturated rings. The summed E-state index contributed by atoms with van der Waals surface area (Å²) in [5.41, 5.74) is 6.07. The van der Waals surface area contributed by atoms with Gasteiger partial charge in [0.15, 0.2) is 5.76 Å². The molecule has 0 spiro atoms. The Balaban J connectivity index is 2.29. The molecule has 0 bridgehead atoms. The van der Waals surface area contributed by atoms with Crippen LogP contribution in [0, 0.1) is 0 Å². The second-order valence-corrected chi connectivity index (χ2v) is 2.81. The zero-order valence-electron chi connectivity index (χ0n) is 7.69. The number of ether oxygens (including phenoxy) is 1. The van der Waals surface area contributed by atoms with Crippen LogP contribution in [-0.4, -0.2) is 12.3 Å². The Bertz CT molecular complexity index is 419. The zero-order chi connectivity index (χ0) is 9.97. The summed E-state index contributed by atoms with van der Waals surface area (Å²) in [4.78, 5) is 0. The highest BCUT2D eigenvalue weighted by Crippen LogP contribution is 2.27. The maximum atomic E-state index is 5.61. The van der Waals surface area contributed by atoms with Crippen molar-refractivity contribution in [1.29, 1.82) is 0 Å². The summed E-state index contributed by atoms with van der Waals surface area (Å²) in [6.45, 7) is 0.425. The van der Waals surface area contributed by atoms with Gasteiger partial charge >= 0.3 is 0 Å². The predicted molar refractivity (Wildman–Crippen MR) is 49.3 cm³/mol. The van der Waals surface area contributed by atoms with Gasteiger partial charge in [-0.2, -0.15) is 0 Å². The minimum atomic E-state index is 0.425. The lowest BCUT2D eigenvalue weighted by Crippen LogP contribution is -1.83. The van der Waals surface area contributed by atoms with Gasteiger partial charge in [-0.15, -0.1) is 0 Å². The van der Waals surface area contributed by atoms with Gasteiger partial charge in [-0.3, -0.25) is 0 Å². The molecule has 14 heavy (non-hydrogen) atoms. The van der Waals surface area contributed by atoms with E-state index in [-0.39, 0.29) is 0 Å². The first-order valence-electron chi connectivity index (χ1n) is 4.09. The largest absolute Gasteiger partial charge is 0.455 e. The summed E-state index contributed by atoms with van der Waals surface area (Å²) < 4.78 is 15.3. The van der Waals surface area contributed by atoms with E-state index in [1.54, 1.807) is 19.2 Å². The third-order valence-electron chi connectivity index (χ3n) is 1.77. The molecule has 0 radical (unpaired) electrons. The number of nitrogen functional groups attached to an aromatic ring is 1. The molecule has 2 aromatic rings. The number of rotatable bonds is 3. The molecule has 2 heterocycles. The van der Waals surface area contributed by atoms with Gasteiger partial charge in [-0.05, 0) is 12.1 Å². The standard InChI is InChI=1S/C9H10N2O3/c1-12-5-6-2-3-8(13-6)9-7(10)4-11-14-9/h2-4H,5,10H2,1H3. The van der Waals surface area contributed by atoms with E-state index < -0.39 is 0 Å². The molecule has 5 nitrogen and oxygen atoms in total. The van der Waals surface area contributed by atoms with Gasteiger partial charge in [-0.25, -0.2) is 0 Å². The molecule has 0 aliphatic heterocycles. The van der Waals surface area contributed by atoms with Crippen LogP contribution >= 0.6 is 0 Å². The van der Waals surface area contributed by atoms with Crippen LogP contribution in [0.3, 0.4) is 0 Å². The lowest BCUT2D eigenvalue weighted by molar-refractivity contribution is 0.164. The van der Waals surface area contributed by atoms with E-state index in [0.717, 1.165) is 5.76 Å². The molecule has 0 unspecified atom stereocenters. The molecule has 2 aromatic heterocycles. The smallest absolute Gasteiger partial charge is 0.224 e. The van der Waals surface area contributed by atoms with E-state index in [1.807, 2.05) is 0 Å². The van der Waals surface area contributed by atoms with Gasteiger partial charge in [0.2, 0.25) is 5.76 Å². The van der Waals surface area contributed by atoms with Gasteiger partial charge in [0.25, 0.3) is 0 Å². The fourth-order valence-corrected chi connectivity index (χ4v) is 1.15. The van der Waals surface area contributed by atoms with Crippen molar-refractivity contribution in [3.05, 3.63) is 24.1 Å². The van der Waals surface area contributed by atoms with Crippen LogP contribution in [0.5, 0.6) is 0 Å². The van der Waals surface area contributed by atoms with Crippen molar-refractivity contribution < 1.29 is 13.7 Å². The average molecular weight is 194 g/mol. The fourth-order valence-electron chi connectivity index (χ4n) is 1.15. The Morgan fingerprint density at radius 2 is 2.36 bits per heavy atom. The Labute approximate surface area is 80.4 Å². The predicted octanol–water partition coefficient (Wildman–Crippen LogP) is 1.66. The molecule has 0 aliphatic carbocycles. The van der Waals surface area contributed by atoms with Crippen molar-refractivity contribution >= 4 is 5.69 Å². The van der Waals surface area contributed by atoms with Crippen LogP contribution in [0.2, 0.25) is 0 Å². The third-order valence-corrected chi connectivity index (χ3v) is 1.77. The lowest BCUT2D eigenvalue weighted by atomic mass is 10.3. The Morgan fingerprint density at radius 1 is 1.50 bits per heavy atom. The number of aromatic nitrogens is 1. The van der Waals surface area contributed by atoms with E-state index in [2.05, 4.69) is 5.16 Å². The number of methoxy groups -OCH3 is 1. The van der Waals surface area contributed by atoms with E-state index in [9.17, 15) is 0 Å². The lowest BCUT2D eigenvalue weighted by Gasteiger charge is -1.93. The molecule has 2 N–H and O–H groups in total. The Hall–Kier alpha value is -1.75. The third kappa shape index (κ3) is 1.49. The number of hydrogen-bond acceptors (Lipinski definition) is 5. The van der Waals surface area contributed by atoms with Crippen molar-refractivity contribution in [3.8, 4) is 11.5 Å². The van der Waals surface area contributed by atoms with Gasteiger partial charge in [0.05, 0.1) is 6.20 Å². The first-order chi connectivity index (χ1) is 6.81. The number of nitrogens with zero attached hydrogens (tertiary/aromatic N) is 1. The maximum Gasteiger partial charge on any atom is 0.224 e. The summed E-state index contributed by atoms with van der Waals surface area (Å²) in [7, 11) is 1.60. The molecular weight excluding hydrogens is 184 g/mol. The van der Waals surface area contributed by atoms with Crippen LogP contribution < -0.4 is 5.73 Å². The first-order valence-corrected chi connectivity index (χ1v) is 4.09. The molecule has 0 saturated heterocycles. The molecule has 5 heteroatoms. The number of anilines is 1. The SMILES string of the molecule is COCc1ccc(-c2oncc2N)o1. The molecule has 74 valence electrons. The van der Waals surface area contributed by atoms with Gasteiger partial charge in [-0.1, -0.05) is 5.16 Å². The number of furan rings is 1. The topological polar surface area (TPSA) is 74.4 Å². The van der Waals surface area contributed by atoms with Crippen LogP contribution in [-0.2, 0) is 11.3 Å². The highest BCUT2D eigenvalue weighted by Gasteiger charge is 2.12. The molecule has 0 aromatic carbocycles. The van der Waals surface area contributed by atoms with Gasteiger partial charge in [0, 0.05) is 7.11 Å². The molecular formula is C9H10N2O3. The number of nitrogens with two attached hydrogens (primary N) is 1. The summed E-state index contributed by atoms with van der Waals surface area (Å²) in [5, 5.41) is 3.56. The monoisotopic (exact) mass is 194 g/mol. The molecule has 0 saturated carbocycles. The van der Waals surface area contributed by atoms with E-state index in [1.165, 1.54) is 6.20 Å². The summed E-state index contributed by atoms with van der Waals surface area (Å²) >= 11 is 0.